The number of allylic oxidation sites excluding steroid dienone is 14. The molecule has 0 aromatic heterocycles. The van der Waals surface area contributed by atoms with E-state index in [0.29, 0.717) is 19.3 Å². The van der Waals surface area contributed by atoms with Gasteiger partial charge in [0.1, 0.15) is 13.2 Å². The molecular formula is C45H72O6. The molecule has 6 heteroatoms. The van der Waals surface area contributed by atoms with Crippen LogP contribution in [0.3, 0.4) is 0 Å². The Morgan fingerprint density at radius 3 is 1.45 bits per heavy atom. The monoisotopic (exact) mass is 709 g/mol. The van der Waals surface area contributed by atoms with E-state index in [1.54, 1.807) is 0 Å². The third-order valence-electron chi connectivity index (χ3n) is 8.02. The molecular weight excluding hydrogens is 636 g/mol. The number of carbonyl (C=O) groups excluding carboxylic acids is 3. The molecule has 0 saturated heterocycles. The lowest BCUT2D eigenvalue weighted by molar-refractivity contribution is -0.167. The maximum atomic E-state index is 12.6. The molecule has 0 aromatic rings. The molecule has 288 valence electrons. The lowest BCUT2D eigenvalue weighted by atomic mass is 10.1. The first-order valence-corrected chi connectivity index (χ1v) is 20.2. The summed E-state index contributed by atoms with van der Waals surface area (Å²) >= 11 is 0. The summed E-state index contributed by atoms with van der Waals surface area (Å²) in [6.07, 6.45) is 48.6. The fraction of sp³-hybridized carbons (Fsp3) is 0.622. The molecule has 0 N–H and O–H groups in total. The van der Waals surface area contributed by atoms with Crippen molar-refractivity contribution in [3.8, 4) is 0 Å². The molecule has 0 rings (SSSR count). The minimum Gasteiger partial charge on any atom is -0.462 e. The van der Waals surface area contributed by atoms with Crippen LogP contribution in [-0.2, 0) is 28.6 Å². The Kier molecular flexibility index (Phi) is 36.7. The molecule has 0 heterocycles. The first-order valence-electron chi connectivity index (χ1n) is 20.2. The molecule has 0 aliphatic carbocycles. The average molecular weight is 709 g/mol. The third-order valence-corrected chi connectivity index (χ3v) is 8.02. The van der Waals surface area contributed by atoms with Crippen molar-refractivity contribution in [3.63, 3.8) is 0 Å². The molecule has 0 spiro atoms. The topological polar surface area (TPSA) is 78.9 Å². The number of esters is 3. The second-order valence-electron chi connectivity index (χ2n) is 12.9. The fourth-order valence-electron chi connectivity index (χ4n) is 5.03. The molecule has 0 radical (unpaired) electrons. The first-order chi connectivity index (χ1) is 25.0. The SMILES string of the molecule is CC\C=C/C=C\C=C/C=C\C=C/CCCCCC(=O)OCC(COC(=O)CCCCCCCCCCC)OC(=O)CCCC/C=C\C/C=C\CC. The fourth-order valence-corrected chi connectivity index (χ4v) is 5.03. The van der Waals surface area contributed by atoms with Crippen molar-refractivity contribution >= 4 is 17.9 Å². The summed E-state index contributed by atoms with van der Waals surface area (Å²) < 4.78 is 16.5. The van der Waals surface area contributed by atoms with Crippen molar-refractivity contribution < 1.29 is 28.6 Å². The van der Waals surface area contributed by atoms with Gasteiger partial charge in [-0.15, -0.1) is 0 Å². The molecule has 6 nitrogen and oxygen atoms in total. The second-order valence-corrected chi connectivity index (χ2v) is 12.9. The van der Waals surface area contributed by atoms with Gasteiger partial charge in [0.05, 0.1) is 0 Å². The highest BCUT2D eigenvalue weighted by Crippen LogP contribution is 2.12. The molecule has 0 aliphatic rings. The van der Waals surface area contributed by atoms with Crippen LogP contribution < -0.4 is 0 Å². The van der Waals surface area contributed by atoms with Gasteiger partial charge in [0.15, 0.2) is 6.10 Å². The van der Waals surface area contributed by atoms with Crippen LogP contribution >= 0.6 is 0 Å². The van der Waals surface area contributed by atoms with Gasteiger partial charge in [-0.2, -0.15) is 0 Å². The first kappa shape index (κ1) is 47.6. The summed E-state index contributed by atoms with van der Waals surface area (Å²) in [5.74, 6) is -1.00. The summed E-state index contributed by atoms with van der Waals surface area (Å²) in [4.78, 5) is 37.4. The van der Waals surface area contributed by atoms with Crippen molar-refractivity contribution in [1.82, 2.24) is 0 Å². The van der Waals surface area contributed by atoms with Crippen LogP contribution in [0.25, 0.3) is 0 Å². The minimum absolute atomic E-state index is 0.104. The maximum Gasteiger partial charge on any atom is 0.306 e. The Hall–Kier alpha value is -3.41. The highest BCUT2D eigenvalue weighted by atomic mass is 16.6. The summed E-state index contributed by atoms with van der Waals surface area (Å²) in [6, 6.07) is 0. The van der Waals surface area contributed by atoms with Gasteiger partial charge >= 0.3 is 17.9 Å². The van der Waals surface area contributed by atoms with Gasteiger partial charge in [0, 0.05) is 19.3 Å². The summed E-state index contributed by atoms with van der Waals surface area (Å²) in [7, 11) is 0. The highest BCUT2D eigenvalue weighted by molar-refractivity contribution is 5.71. The van der Waals surface area contributed by atoms with Crippen LogP contribution in [0, 0.1) is 0 Å². The van der Waals surface area contributed by atoms with Crippen molar-refractivity contribution in [2.45, 2.75) is 168 Å². The zero-order valence-electron chi connectivity index (χ0n) is 32.6. The molecule has 0 fully saturated rings. The summed E-state index contributed by atoms with van der Waals surface area (Å²) in [6.45, 7) is 6.24. The number of unbranched alkanes of at least 4 members (excludes halogenated alkanes) is 13. The van der Waals surface area contributed by atoms with Gasteiger partial charge in [0.25, 0.3) is 0 Å². The highest BCUT2D eigenvalue weighted by Gasteiger charge is 2.19. The Bertz CT molecular complexity index is 1040. The number of hydrogen-bond donors (Lipinski definition) is 0. The molecule has 1 atom stereocenters. The van der Waals surface area contributed by atoms with Gasteiger partial charge in [-0.3, -0.25) is 14.4 Å². The Labute approximate surface area is 312 Å². The number of carbonyl (C=O) groups is 3. The molecule has 0 aromatic carbocycles. The van der Waals surface area contributed by atoms with Gasteiger partial charge in [0.2, 0.25) is 0 Å². The predicted octanol–water partition coefficient (Wildman–Crippen LogP) is 12.5. The third kappa shape index (κ3) is 37.7. The van der Waals surface area contributed by atoms with E-state index in [-0.39, 0.29) is 37.5 Å². The van der Waals surface area contributed by atoms with Gasteiger partial charge in [-0.1, -0.05) is 164 Å². The Morgan fingerprint density at radius 1 is 0.431 bits per heavy atom. The quantitative estimate of drug-likeness (QED) is 0.0218. The van der Waals surface area contributed by atoms with Crippen LogP contribution in [0.2, 0.25) is 0 Å². The Balaban J connectivity index is 4.49. The molecule has 0 amide bonds. The number of ether oxygens (including phenoxy) is 3. The normalized spacial score (nSPS) is 12.9. The van der Waals surface area contributed by atoms with Gasteiger partial charge < -0.3 is 14.2 Å². The average Bonchev–Trinajstić information content (AvgIpc) is 3.12. The van der Waals surface area contributed by atoms with Crippen molar-refractivity contribution in [2.24, 2.45) is 0 Å². The molecule has 1 unspecified atom stereocenters. The Morgan fingerprint density at radius 2 is 0.863 bits per heavy atom. The van der Waals surface area contributed by atoms with Gasteiger partial charge in [-0.05, 0) is 64.2 Å². The standard InChI is InChI=1S/C45H72O6/c1-4-7-10-13-16-19-20-21-22-23-24-27-29-32-35-38-44(47)50-41-42(51-45(48)39-36-33-30-26-18-15-12-9-6-3)40-49-43(46)37-34-31-28-25-17-14-11-8-5-2/h7,9-10,12-13,16,18-24,26,42H,4-6,8,11,14-15,17,25,27-41H2,1-3H3/b10-7-,12-9-,16-13-,20-19-,22-21-,24-23-,26-18-. The summed E-state index contributed by atoms with van der Waals surface area (Å²) in [5, 5.41) is 0. The van der Waals surface area contributed by atoms with E-state index < -0.39 is 6.10 Å². The van der Waals surface area contributed by atoms with Crippen LogP contribution in [-0.4, -0.2) is 37.2 Å². The van der Waals surface area contributed by atoms with E-state index in [1.165, 1.54) is 38.5 Å². The minimum atomic E-state index is -0.805. The van der Waals surface area contributed by atoms with E-state index in [9.17, 15) is 14.4 Å². The maximum absolute atomic E-state index is 12.6. The predicted molar refractivity (Wildman–Crippen MR) is 214 cm³/mol. The van der Waals surface area contributed by atoms with E-state index in [0.717, 1.165) is 77.0 Å². The van der Waals surface area contributed by atoms with Crippen LogP contribution in [0.15, 0.2) is 85.1 Å². The van der Waals surface area contributed by atoms with E-state index in [1.807, 2.05) is 48.6 Å². The molecule has 0 bridgehead atoms. The van der Waals surface area contributed by atoms with E-state index in [2.05, 4.69) is 57.2 Å². The smallest absolute Gasteiger partial charge is 0.306 e. The summed E-state index contributed by atoms with van der Waals surface area (Å²) in [5.41, 5.74) is 0. The molecule has 0 aliphatic heterocycles. The number of rotatable bonds is 34. The number of hydrogen-bond acceptors (Lipinski definition) is 6. The molecule has 0 saturated carbocycles. The second kappa shape index (κ2) is 39.4. The van der Waals surface area contributed by atoms with Crippen molar-refractivity contribution in [2.75, 3.05) is 13.2 Å². The van der Waals surface area contributed by atoms with Crippen molar-refractivity contribution in [1.29, 1.82) is 0 Å². The van der Waals surface area contributed by atoms with Gasteiger partial charge in [-0.25, -0.2) is 0 Å². The lowest BCUT2D eigenvalue weighted by Crippen LogP contribution is -2.30. The zero-order chi connectivity index (χ0) is 37.3. The van der Waals surface area contributed by atoms with Crippen LogP contribution in [0.5, 0.6) is 0 Å². The van der Waals surface area contributed by atoms with E-state index in [4.69, 9.17) is 14.2 Å². The van der Waals surface area contributed by atoms with Crippen LogP contribution in [0.4, 0.5) is 0 Å². The van der Waals surface area contributed by atoms with Crippen molar-refractivity contribution in [3.05, 3.63) is 85.1 Å². The largest absolute Gasteiger partial charge is 0.462 e. The van der Waals surface area contributed by atoms with E-state index >= 15 is 0 Å². The lowest BCUT2D eigenvalue weighted by Gasteiger charge is -2.18. The molecule has 51 heavy (non-hydrogen) atoms. The zero-order valence-corrected chi connectivity index (χ0v) is 32.6. The van der Waals surface area contributed by atoms with Crippen LogP contribution in [0.1, 0.15) is 162 Å².